The Kier molecular flexibility index (Phi) is 4.05. The third kappa shape index (κ3) is 3.65. The highest BCUT2D eigenvalue weighted by atomic mass is 79.9. The van der Waals surface area contributed by atoms with Crippen molar-refractivity contribution in [2.45, 2.75) is 19.8 Å². The molecule has 0 nitrogen and oxygen atoms in total. The molecule has 0 aliphatic heterocycles. The highest BCUT2D eigenvalue weighted by Crippen LogP contribution is 2.13. The van der Waals surface area contributed by atoms with Gasteiger partial charge in [-0.25, -0.2) is 0 Å². The van der Waals surface area contributed by atoms with E-state index in [2.05, 4.69) is 53.0 Å². The van der Waals surface area contributed by atoms with Crippen molar-refractivity contribution in [3.8, 4) is 12.3 Å². The van der Waals surface area contributed by atoms with Gasteiger partial charge in [-0.1, -0.05) is 35.0 Å². The number of hydrogen-bond acceptors (Lipinski definition) is 0. The summed E-state index contributed by atoms with van der Waals surface area (Å²) in [5.74, 6) is 3.12. The van der Waals surface area contributed by atoms with Crippen LogP contribution in [0.2, 0.25) is 0 Å². The van der Waals surface area contributed by atoms with Crippen LogP contribution >= 0.6 is 15.9 Å². The van der Waals surface area contributed by atoms with Crippen LogP contribution in [0.4, 0.5) is 0 Å². The molecule has 0 aliphatic rings. The van der Waals surface area contributed by atoms with Gasteiger partial charge in [-0.3, -0.25) is 0 Å². The van der Waals surface area contributed by atoms with Gasteiger partial charge in [0.25, 0.3) is 0 Å². The molecule has 1 aromatic carbocycles. The van der Waals surface area contributed by atoms with E-state index in [4.69, 9.17) is 6.42 Å². The van der Waals surface area contributed by atoms with Crippen molar-refractivity contribution in [2.75, 3.05) is 0 Å². The van der Waals surface area contributed by atoms with E-state index in [0.717, 1.165) is 17.3 Å². The highest BCUT2D eigenvalue weighted by Gasteiger charge is 1.98. The summed E-state index contributed by atoms with van der Waals surface area (Å²) in [5.41, 5.74) is 1.35. The molecule has 1 aromatic rings. The van der Waals surface area contributed by atoms with Crippen LogP contribution in [-0.4, -0.2) is 0 Å². The molecule has 0 fully saturated rings. The van der Waals surface area contributed by atoms with Gasteiger partial charge in [0, 0.05) is 10.4 Å². The van der Waals surface area contributed by atoms with Crippen molar-refractivity contribution >= 4 is 15.9 Å². The molecule has 1 heteroatoms. The highest BCUT2D eigenvalue weighted by molar-refractivity contribution is 9.10. The van der Waals surface area contributed by atoms with E-state index in [0.29, 0.717) is 5.92 Å². The van der Waals surface area contributed by atoms with Gasteiger partial charge >= 0.3 is 0 Å². The zero-order chi connectivity index (χ0) is 9.68. The Bertz CT molecular complexity index is 292. The molecule has 1 rings (SSSR count). The van der Waals surface area contributed by atoms with Gasteiger partial charge in [0.15, 0.2) is 0 Å². The van der Waals surface area contributed by atoms with E-state index in [-0.39, 0.29) is 0 Å². The molecule has 0 heterocycles. The van der Waals surface area contributed by atoms with Crippen molar-refractivity contribution in [3.05, 3.63) is 34.3 Å². The van der Waals surface area contributed by atoms with Crippen LogP contribution in [0.1, 0.15) is 18.9 Å². The van der Waals surface area contributed by atoms with E-state index in [1.165, 1.54) is 5.56 Å². The summed E-state index contributed by atoms with van der Waals surface area (Å²) in [6, 6.07) is 8.40. The summed E-state index contributed by atoms with van der Waals surface area (Å²) >= 11 is 3.41. The number of rotatable bonds is 3. The van der Waals surface area contributed by atoms with Crippen LogP contribution in [0.3, 0.4) is 0 Å². The zero-order valence-corrected chi connectivity index (χ0v) is 9.34. The first kappa shape index (κ1) is 10.3. The third-order valence-electron chi connectivity index (χ3n) is 2.06. The van der Waals surface area contributed by atoms with Crippen LogP contribution in [-0.2, 0) is 6.42 Å². The molecule has 0 saturated carbocycles. The van der Waals surface area contributed by atoms with Crippen LogP contribution in [0.25, 0.3) is 0 Å². The first-order chi connectivity index (χ1) is 6.22. The second-order valence-electron chi connectivity index (χ2n) is 3.23. The Balaban J connectivity index is 2.47. The predicted octanol–water partition coefficient (Wildman–Crippen LogP) is 3.65. The Morgan fingerprint density at radius 2 is 2.00 bits per heavy atom. The molecule has 0 saturated heterocycles. The summed E-state index contributed by atoms with van der Waals surface area (Å²) in [4.78, 5) is 0. The second kappa shape index (κ2) is 5.09. The molecule has 13 heavy (non-hydrogen) atoms. The number of halogens is 1. The fourth-order valence-corrected chi connectivity index (χ4v) is 1.38. The molecule has 0 aliphatic carbocycles. The fraction of sp³-hybridized carbons (Fsp3) is 0.333. The summed E-state index contributed by atoms with van der Waals surface area (Å²) < 4.78 is 1.13. The first-order valence-electron chi connectivity index (χ1n) is 4.43. The van der Waals surface area contributed by atoms with E-state index in [1.807, 2.05) is 0 Å². The van der Waals surface area contributed by atoms with E-state index in [1.54, 1.807) is 0 Å². The number of hydrogen-bond donors (Lipinski definition) is 0. The molecule has 0 radical (unpaired) electrons. The van der Waals surface area contributed by atoms with E-state index in [9.17, 15) is 0 Å². The van der Waals surface area contributed by atoms with Gasteiger partial charge in [-0.05, 0) is 30.5 Å². The maximum absolute atomic E-state index is 5.30. The van der Waals surface area contributed by atoms with Gasteiger partial charge in [-0.15, -0.1) is 12.3 Å². The summed E-state index contributed by atoms with van der Waals surface area (Å²) in [6.07, 6.45) is 7.44. The molecule has 1 unspecified atom stereocenters. The maximum atomic E-state index is 5.30. The molecule has 0 bridgehead atoms. The minimum absolute atomic E-state index is 0.378. The Hall–Kier alpha value is -0.740. The lowest BCUT2D eigenvalue weighted by atomic mass is 10.0. The van der Waals surface area contributed by atoms with Crippen molar-refractivity contribution in [1.29, 1.82) is 0 Å². The van der Waals surface area contributed by atoms with Gasteiger partial charge in [0.05, 0.1) is 0 Å². The van der Waals surface area contributed by atoms with Crippen LogP contribution in [0, 0.1) is 18.3 Å². The van der Waals surface area contributed by atoms with Crippen molar-refractivity contribution in [1.82, 2.24) is 0 Å². The monoisotopic (exact) mass is 236 g/mol. The van der Waals surface area contributed by atoms with Crippen LogP contribution in [0.15, 0.2) is 28.7 Å². The van der Waals surface area contributed by atoms with Crippen molar-refractivity contribution in [2.24, 2.45) is 5.92 Å². The average Bonchev–Trinajstić information content (AvgIpc) is 2.16. The molecule has 68 valence electrons. The normalized spacial score (nSPS) is 12.1. The molecule has 0 N–H and O–H groups in total. The van der Waals surface area contributed by atoms with Crippen molar-refractivity contribution in [3.63, 3.8) is 0 Å². The Morgan fingerprint density at radius 1 is 1.38 bits per heavy atom. The minimum Gasteiger partial charge on any atom is -0.120 e. The average molecular weight is 237 g/mol. The lowest BCUT2D eigenvalue weighted by Crippen LogP contribution is -1.93. The second-order valence-corrected chi connectivity index (χ2v) is 4.15. The lowest BCUT2D eigenvalue weighted by Gasteiger charge is -2.03. The first-order valence-corrected chi connectivity index (χ1v) is 5.22. The molecular weight excluding hydrogens is 224 g/mol. The molecule has 0 amide bonds. The van der Waals surface area contributed by atoms with E-state index >= 15 is 0 Å². The van der Waals surface area contributed by atoms with Gasteiger partial charge in [0.2, 0.25) is 0 Å². The molecule has 1 atom stereocenters. The number of benzene rings is 1. The standard InChI is InChI=1S/C12H13Br/c1-3-10(2)4-5-11-6-8-12(13)9-7-11/h1,6-10H,4-5H2,2H3. The zero-order valence-electron chi connectivity index (χ0n) is 7.76. The quantitative estimate of drug-likeness (QED) is 0.704. The van der Waals surface area contributed by atoms with E-state index < -0.39 is 0 Å². The number of terminal acetylenes is 1. The van der Waals surface area contributed by atoms with Gasteiger partial charge < -0.3 is 0 Å². The Labute approximate surface area is 88.5 Å². The smallest absolute Gasteiger partial charge is 0.0175 e. The summed E-state index contributed by atoms with van der Waals surface area (Å²) in [7, 11) is 0. The van der Waals surface area contributed by atoms with Crippen LogP contribution < -0.4 is 0 Å². The van der Waals surface area contributed by atoms with Crippen molar-refractivity contribution < 1.29 is 0 Å². The predicted molar refractivity (Wildman–Crippen MR) is 60.5 cm³/mol. The van der Waals surface area contributed by atoms with Gasteiger partial charge in [-0.2, -0.15) is 0 Å². The fourth-order valence-electron chi connectivity index (χ4n) is 1.12. The molecule has 0 aromatic heterocycles. The number of aryl methyl sites for hydroxylation is 1. The topological polar surface area (TPSA) is 0 Å². The minimum atomic E-state index is 0.378. The SMILES string of the molecule is C#CC(C)CCc1ccc(Br)cc1. The third-order valence-corrected chi connectivity index (χ3v) is 2.59. The summed E-state index contributed by atoms with van der Waals surface area (Å²) in [6.45, 7) is 2.08. The molecule has 0 spiro atoms. The van der Waals surface area contributed by atoms with Crippen LogP contribution in [0.5, 0.6) is 0 Å². The molecular formula is C12H13Br. The Morgan fingerprint density at radius 3 is 2.54 bits per heavy atom. The lowest BCUT2D eigenvalue weighted by molar-refractivity contribution is 0.669. The van der Waals surface area contributed by atoms with Gasteiger partial charge in [0.1, 0.15) is 0 Å². The summed E-state index contributed by atoms with van der Waals surface area (Å²) in [5, 5.41) is 0. The largest absolute Gasteiger partial charge is 0.120 e. The maximum Gasteiger partial charge on any atom is 0.0175 e.